The van der Waals surface area contributed by atoms with Crippen LogP contribution in [0.1, 0.15) is 35.2 Å². The predicted octanol–water partition coefficient (Wildman–Crippen LogP) is 2.99. The van der Waals surface area contributed by atoms with Crippen LogP contribution in [-0.4, -0.2) is 78.7 Å². The van der Waals surface area contributed by atoms with E-state index in [0.29, 0.717) is 25.1 Å². The Morgan fingerprint density at radius 3 is 2.31 bits per heavy atom. The number of benzene rings is 2. The maximum Gasteiger partial charge on any atom is 0.243 e. The zero-order chi connectivity index (χ0) is 24.8. The SMILES string of the molecule is COc1cccc(CN2CC(=O)N(CCCN3CCC(C(=O)c4ccc(F)cc4)CC3)C(=O)C2)c1. The van der Waals surface area contributed by atoms with E-state index in [4.69, 9.17) is 4.74 Å². The minimum absolute atomic E-state index is 0.0440. The average Bonchev–Trinajstić information content (AvgIpc) is 2.86. The van der Waals surface area contributed by atoms with E-state index in [-0.39, 0.29) is 42.4 Å². The van der Waals surface area contributed by atoms with Gasteiger partial charge >= 0.3 is 0 Å². The highest BCUT2D eigenvalue weighted by atomic mass is 19.1. The van der Waals surface area contributed by atoms with Crippen LogP contribution < -0.4 is 4.74 Å². The van der Waals surface area contributed by atoms with Crippen molar-refractivity contribution in [1.29, 1.82) is 0 Å². The first kappa shape index (κ1) is 25.0. The number of ether oxygens (including phenoxy) is 1. The number of ketones is 1. The first-order valence-electron chi connectivity index (χ1n) is 12.1. The predicted molar refractivity (Wildman–Crippen MR) is 130 cm³/mol. The van der Waals surface area contributed by atoms with Gasteiger partial charge in [-0.2, -0.15) is 0 Å². The fraction of sp³-hybridized carbons (Fsp3) is 0.444. The van der Waals surface area contributed by atoms with Gasteiger partial charge in [-0.05, 0) is 80.9 Å². The molecule has 8 heteroatoms. The summed E-state index contributed by atoms with van der Waals surface area (Å²) < 4.78 is 18.4. The summed E-state index contributed by atoms with van der Waals surface area (Å²) in [4.78, 5) is 43.5. The topological polar surface area (TPSA) is 70.2 Å². The van der Waals surface area contributed by atoms with Crippen LogP contribution in [0.2, 0.25) is 0 Å². The second-order valence-electron chi connectivity index (χ2n) is 9.28. The molecule has 2 aliphatic rings. The Labute approximate surface area is 205 Å². The highest BCUT2D eigenvalue weighted by Gasteiger charge is 2.31. The van der Waals surface area contributed by atoms with E-state index in [2.05, 4.69) is 4.90 Å². The number of Topliss-reactive ketones (excluding diaryl/α,β-unsaturated/α-hetero) is 1. The van der Waals surface area contributed by atoms with Crippen molar-refractivity contribution in [3.05, 3.63) is 65.5 Å². The summed E-state index contributed by atoms with van der Waals surface area (Å²) in [6, 6.07) is 13.4. The highest BCUT2D eigenvalue weighted by Crippen LogP contribution is 2.22. The summed E-state index contributed by atoms with van der Waals surface area (Å²) >= 11 is 0. The third-order valence-corrected chi connectivity index (χ3v) is 6.80. The molecule has 0 N–H and O–H groups in total. The van der Waals surface area contributed by atoms with Crippen LogP contribution in [0.4, 0.5) is 4.39 Å². The monoisotopic (exact) mass is 481 g/mol. The molecule has 2 aromatic carbocycles. The van der Waals surface area contributed by atoms with E-state index in [1.54, 1.807) is 19.2 Å². The Hall–Kier alpha value is -3.10. The molecule has 0 unspecified atom stereocenters. The quantitative estimate of drug-likeness (QED) is 0.405. The van der Waals surface area contributed by atoms with Crippen LogP contribution in [0.5, 0.6) is 5.75 Å². The second-order valence-corrected chi connectivity index (χ2v) is 9.28. The van der Waals surface area contributed by atoms with Gasteiger partial charge in [0.1, 0.15) is 11.6 Å². The lowest BCUT2D eigenvalue weighted by molar-refractivity contribution is -0.151. The van der Waals surface area contributed by atoms with Gasteiger partial charge in [0.05, 0.1) is 20.2 Å². The third kappa shape index (κ3) is 6.52. The summed E-state index contributed by atoms with van der Waals surface area (Å²) in [5.41, 5.74) is 1.56. The Bertz CT molecular complexity index is 1030. The second kappa shape index (κ2) is 11.6. The molecule has 2 heterocycles. The molecule has 4 rings (SSSR count). The largest absolute Gasteiger partial charge is 0.497 e. The average molecular weight is 482 g/mol. The smallest absolute Gasteiger partial charge is 0.243 e. The number of carbonyl (C=O) groups is 3. The fourth-order valence-electron chi connectivity index (χ4n) is 4.86. The summed E-state index contributed by atoms with van der Waals surface area (Å²) in [7, 11) is 1.61. The maximum absolute atomic E-state index is 13.1. The van der Waals surface area contributed by atoms with E-state index >= 15 is 0 Å². The molecular formula is C27H32FN3O4. The van der Waals surface area contributed by atoms with E-state index in [1.165, 1.54) is 17.0 Å². The van der Waals surface area contributed by atoms with Gasteiger partial charge in [-0.25, -0.2) is 4.39 Å². The summed E-state index contributed by atoms with van der Waals surface area (Å²) in [5, 5.41) is 0. The highest BCUT2D eigenvalue weighted by molar-refractivity contribution is 5.99. The molecule has 0 spiro atoms. The lowest BCUT2D eigenvalue weighted by atomic mass is 9.89. The minimum Gasteiger partial charge on any atom is -0.497 e. The minimum atomic E-state index is -0.341. The number of nitrogens with zero attached hydrogens (tertiary/aromatic N) is 3. The van der Waals surface area contributed by atoms with E-state index in [0.717, 1.165) is 43.8 Å². The van der Waals surface area contributed by atoms with Crippen molar-refractivity contribution in [2.75, 3.05) is 46.4 Å². The molecule has 35 heavy (non-hydrogen) atoms. The van der Waals surface area contributed by atoms with Crippen molar-refractivity contribution in [2.45, 2.75) is 25.8 Å². The molecule has 0 aromatic heterocycles. The Morgan fingerprint density at radius 1 is 0.971 bits per heavy atom. The van der Waals surface area contributed by atoms with Gasteiger partial charge in [0.15, 0.2) is 5.78 Å². The number of methoxy groups -OCH3 is 1. The van der Waals surface area contributed by atoms with E-state index in [1.807, 2.05) is 29.2 Å². The first-order chi connectivity index (χ1) is 16.9. The normalized spacial score (nSPS) is 18.2. The molecule has 0 saturated carbocycles. The van der Waals surface area contributed by atoms with E-state index in [9.17, 15) is 18.8 Å². The van der Waals surface area contributed by atoms with Crippen LogP contribution >= 0.6 is 0 Å². The molecule has 7 nitrogen and oxygen atoms in total. The molecular weight excluding hydrogens is 449 g/mol. The van der Waals surface area contributed by atoms with Crippen LogP contribution in [0.25, 0.3) is 0 Å². The number of likely N-dealkylation sites (tertiary alicyclic amines) is 1. The van der Waals surface area contributed by atoms with Crippen molar-refractivity contribution < 1.29 is 23.5 Å². The molecule has 0 atom stereocenters. The van der Waals surface area contributed by atoms with Crippen molar-refractivity contribution >= 4 is 17.6 Å². The van der Waals surface area contributed by atoms with Gasteiger partial charge < -0.3 is 9.64 Å². The van der Waals surface area contributed by atoms with Gasteiger partial charge in [0.2, 0.25) is 11.8 Å². The summed E-state index contributed by atoms with van der Waals surface area (Å²) in [6.07, 6.45) is 2.23. The number of piperazine rings is 1. The molecule has 0 bridgehead atoms. The number of carbonyl (C=O) groups excluding carboxylic acids is 3. The fourth-order valence-corrected chi connectivity index (χ4v) is 4.86. The molecule has 0 radical (unpaired) electrons. The Morgan fingerprint density at radius 2 is 1.66 bits per heavy atom. The molecule has 2 amide bonds. The zero-order valence-corrected chi connectivity index (χ0v) is 20.1. The molecule has 2 aliphatic heterocycles. The molecule has 2 fully saturated rings. The van der Waals surface area contributed by atoms with E-state index < -0.39 is 0 Å². The molecule has 186 valence electrons. The van der Waals surface area contributed by atoms with Crippen LogP contribution in [-0.2, 0) is 16.1 Å². The lowest BCUT2D eigenvalue weighted by Gasteiger charge is -2.34. The van der Waals surface area contributed by atoms with Gasteiger partial charge in [-0.1, -0.05) is 12.1 Å². The van der Waals surface area contributed by atoms with Crippen LogP contribution in [0.3, 0.4) is 0 Å². The van der Waals surface area contributed by atoms with Crippen molar-refractivity contribution in [1.82, 2.24) is 14.7 Å². The standard InChI is InChI=1S/C27H32FN3O4/c1-35-24-5-2-4-20(16-24)17-30-18-25(32)31(26(33)19-30)13-3-12-29-14-10-22(11-15-29)27(34)21-6-8-23(28)9-7-21/h2,4-9,16,22H,3,10-15,17-19H2,1H3. The number of rotatable bonds is 9. The van der Waals surface area contributed by atoms with Gasteiger partial charge in [0.25, 0.3) is 0 Å². The van der Waals surface area contributed by atoms with Gasteiger partial charge in [-0.15, -0.1) is 0 Å². The summed E-state index contributed by atoms with van der Waals surface area (Å²) in [6.45, 7) is 3.76. The zero-order valence-electron chi connectivity index (χ0n) is 20.1. The molecule has 2 saturated heterocycles. The lowest BCUT2D eigenvalue weighted by Crippen LogP contribution is -2.54. The molecule has 0 aliphatic carbocycles. The number of hydrogen-bond acceptors (Lipinski definition) is 6. The van der Waals surface area contributed by atoms with Crippen molar-refractivity contribution in [3.8, 4) is 5.75 Å². The maximum atomic E-state index is 13.1. The number of halogens is 1. The van der Waals surface area contributed by atoms with Crippen molar-refractivity contribution in [3.63, 3.8) is 0 Å². The molecule has 2 aromatic rings. The number of amides is 2. The van der Waals surface area contributed by atoms with Crippen molar-refractivity contribution in [2.24, 2.45) is 5.92 Å². The van der Waals surface area contributed by atoms with Crippen LogP contribution in [0, 0.1) is 11.7 Å². The van der Waals surface area contributed by atoms with Gasteiger partial charge in [-0.3, -0.25) is 24.2 Å². The number of imide groups is 1. The number of piperidine rings is 1. The summed E-state index contributed by atoms with van der Waals surface area (Å²) in [5.74, 6) is 0.125. The Balaban J connectivity index is 1.18. The van der Waals surface area contributed by atoms with Crippen LogP contribution in [0.15, 0.2) is 48.5 Å². The van der Waals surface area contributed by atoms with Gasteiger partial charge in [0, 0.05) is 24.6 Å². The Kier molecular flexibility index (Phi) is 8.25. The third-order valence-electron chi connectivity index (χ3n) is 6.80. The number of hydrogen-bond donors (Lipinski definition) is 0. The first-order valence-corrected chi connectivity index (χ1v) is 12.1.